The summed E-state index contributed by atoms with van der Waals surface area (Å²) in [5.41, 5.74) is 1.67. The van der Waals surface area contributed by atoms with Crippen molar-refractivity contribution in [1.29, 1.82) is 0 Å². The van der Waals surface area contributed by atoms with Crippen molar-refractivity contribution in [3.63, 3.8) is 0 Å². The van der Waals surface area contributed by atoms with Crippen LogP contribution in [0.1, 0.15) is 18.4 Å². The molecular formula is C14H15NO4. The number of aldehydes is 1. The summed E-state index contributed by atoms with van der Waals surface area (Å²) in [5, 5.41) is 0. The second kappa shape index (κ2) is 5.65. The number of ether oxygens (including phenoxy) is 1. The van der Waals surface area contributed by atoms with Crippen LogP contribution in [0.4, 0.5) is 5.69 Å². The van der Waals surface area contributed by atoms with Crippen molar-refractivity contribution in [1.82, 2.24) is 0 Å². The van der Waals surface area contributed by atoms with E-state index in [4.69, 9.17) is 4.74 Å². The Morgan fingerprint density at radius 2 is 2.16 bits per heavy atom. The minimum atomic E-state index is -0.188. The first-order chi connectivity index (χ1) is 9.11. The van der Waals surface area contributed by atoms with Crippen molar-refractivity contribution in [3.05, 3.63) is 23.8 Å². The summed E-state index contributed by atoms with van der Waals surface area (Å²) < 4.78 is 5.23. The minimum Gasteiger partial charge on any atom is -0.486 e. The number of benzene rings is 1. The molecule has 2 rings (SSSR count). The van der Waals surface area contributed by atoms with Gasteiger partial charge < -0.3 is 9.64 Å². The molecule has 0 saturated carbocycles. The van der Waals surface area contributed by atoms with Crippen LogP contribution in [0.15, 0.2) is 18.2 Å². The fraction of sp³-hybridized carbons (Fsp3) is 0.357. The fourth-order valence-corrected chi connectivity index (χ4v) is 2.07. The van der Waals surface area contributed by atoms with Crippen molar-refractivity contribution < 1.29 is 19.1 Å². The molecule has 1 heterocycles. The van der Waals surface area contributed by atoms with Gasteiger partial charge in [-0.05, 0) is 18.6 Å². The predicted octanol–water partition coefficient (Wildman–Crippen LogP) is 1.27. The van der Waals surface area contributed by atoms with Crippen molar-refractivity contribution in [2.24, 2.45) is 0 Å². The largest absolute Gasteiger partial charge is 0.486 e. The Labute approximate surface area is 111 Å². The molecule has 100 valence electrons. The smallest absolute Gasteiger partial charge is 0.234 e. The first kappa shape index (κ1) is 13.3. The van der Waals surface area contributed by atoms with Gasteiger partial charge in [0, 0.05) is 19.0 Å². The monoisotopic (exact) mass is 261 g/mol. The zero-order valence-corrected chi connectivity index (χ0v) is 10.7. The number of rotatable bonds is 4. The van der Waals surface area contributed by atoms with Gasteiger partial charge in [0.05, 0.1) is 12.1 Å². The van der Waals surface area contributed by atoms with Crippen molar-refractivity contribution in [2.75, 3.05) is 18.1 Å². The molecule has 0 bridgehead atoms. The molecule has 1 aliphatic heterocycles. The molecule has 0 spiro atoms. The minimum absolute atomic E-state index is 0.0189. The van der Waals surface area contributed by atoms with Crippen LogP contribution in [0.2, 0.25) is 0 Å². The van der Waals surface area contributed by atoms with E-state index in [-0.39, 0.29) is 24.7 Å². The van der Waals surface area contributed by atoms with E-state index in [1.165, 1.54) is 0 Å². The maximum Gasteiger partial charge on any atom is 0.234 e. The third kappa shape index (κ3) is 2.99. The summed E-state index contributed by atoms with van der Waals surface area (Å²) >= 11 is 0. The maximum absolute atomic E-state index is 11.9. The summed E-state index contributed by atoms with van der Waals surface area (Å²) in [6, 6.07) is 5.31. The number of nitrogens with zero attached hydrogens (tertiary/aromatic N) is 1. The SMILES string of the molecule is Cc1ccc(OCC=O)cc1N1CCC(=O)CC1=O. The second-order valence-corrected chi connectivity index (χ2v) is 4.44. The Morgan fingerprint density at radius 1 is 1.37 bits per heavy atom. The molecule has 0 unspecified atom stereocenters. The molecule has 1 fully saturated rings. The quantitative estimate of drug-likeness (QED) is 0.605. The van der Waals surface area contributed by atoms with Gasteiger partial charge >= 0.3 is 0 Å². The Kier molecular flexibility index (Phi) is 3.94. The lowest BCUT2D eigenvalue weighted by Gasteiger charge is -2.27. The summed E-state index contributed by atoms with van der Waals surface area (Å²) in [4.78, 5) is 35.0. The number of ketones is 1. The standard InChI is InChI=1S/C14H15NO4/c1-10-2-3-12(19-7-6-16)9-13(10)15-5-4-11(17)8-14(15)18/h2-3,6,9H,4-5,7-8H2,1H3. The van der Waals surface area contributed by atoms with E-state index >= 15 is 0 Å². The Morgan fingerprint density at radius 3 is 2.84 bits per heavy atom. The number of anilines is 1. The number of carbonyl (C=O) groups is 3. The van der Waals surface area contributed by atoms with E-state index in [2.05, 4.69) is 0 Å². The van der Waals surface area contributed by atoms with Gasteiger partial charge in [0.25, 0.3) is 0 Å². The third-order valence-electron chi connectivity index (χ3n) is 3.05. The normalized spacial score (nSPS) is 15.5. The molecule has 1 aromatic carbocycles. The number of piperidine rings is 1. The lowest BCUT2D eigenvalue weighted by Crippen LogP contribution is -2.39. The van der Waals surface area contributed by atoms with Crippen LogP contribution < -0.4 is 9.64 Å². The Balaban J connectivity index is 2.25. The van der Waals surface area contributed by atoms with Gasteiger partial charge in [0.2, 0.25) is 5.91 Å². The van der Waals surface area contributed by atoms with Gasteiger partial charge in [-0.1, -0.05) is 6.07 Å². The topological polar surface area (TPSA) is 63.7 Å². The zero-order valence-electron chi connectivity index (χ0n) is 10.7. The predicted molar refractivity (Wildman–Crippen MR) is 69.3 cm³/mol. The number of Topliss-reactive ketones (excluding diaryl/α,β-unsaturated/α-hetero) is 1. The highest BCUT2D eigenvalue weighted by Crippen LogP contribution is 2.28. The fourth-order valence-electron chi connectivity index (χ4n) is 2.07. The molecule has 1 saturated heterocycles. The van der Waals surface area contributed by atoms with Crippen LogP contribution in [0.25, 0.3) is 0 Å². The molecule has 5 heteroatoms. The van der Waals surface area contributed by atoms with Crippen LogP contribution in [0.3, 0.4) is 0 Å². The van der Waals surface area contributed by atoms with Gasteiger partial charge in [0.15, 0.2) is 6.29 Å². The van der Waals surface area contributed by atoms with E-state index in [9.17, 15) is 14.4 Å². The maximum atomic E-state index is 11.9. The second-order valence-electron chi connectivity index (χ2n) is 4.44. The molecule has 1 aliphatic rings. The number of hydrogen-bond acceptors (Lipinski definition) is 4. The molecule has 19 heavy (non-hydrogen) atoms. The van der Waals surface area contributed by atoms with E-state index in [0.717, 1.165) is 11.3 Å². The summed E-state index contributed by atoms with van der Waals surface area (Å²) in [6.45, 7) is 2.27. The number of carbonyl (C=O) groups excluding carboxylic acids is 3. The third-order valence-corrected chi connectivity index (χ3v) is 3.05. The Hall–Kier alpha value is -2.17. The summed E-state index contributed by atoms with van der Waals surface area (Å²) in [7, 11) is 0. The molecule has 1 aromatic rings. The number of hydrogen-bond donors (Lipinski definition) is 0. The van der Waals surface area contributed by atoms with Crippen LogP contribution in [-0.2, 0) is 14.4 Å². The summed E-state index contributed by atoms with van der Waals surface area (Å²) in [6.07, 6.45) is 1.01. The first-order valence-corrected chi connectivity index (χ1v) is 6.11. The molecule has 0 aliphatic carbocycles. The Bertz CT molecular complexity index is 524. The average Bonchev–Trinajstić information content (AvgIpc) is 2.38. The van der Waals surface area contributed by atoms with Crippen LogP contribution >= 0.6 is 0 Å². The van der Waals surface area contributed by atoms with E-state index < -0.39 is 0 Å². The highest BCUT2D eigenvalue weighted by molar-refractivity contribution is 6.08. The molecule has 5 nitrogen and oxygen atoms in total. The van der Waals surface area contributed by atoms with Crippen LogP contribution in [0, 0.1) is 6.92 Å². The van der Waals surface area contributed by atoms with Gasteiger partial charge in [0.1, 0.15) is 18.1 Å². The van der Waals surface area contributed by atoms with Crippen LogP contribution in [0.5, 0.6) is 5.75 Å². The van der Waals surface area contributed by atoms with Crippen molar-refractivity contribution in [3.8, 4) is 5.75 Å². The first-order valence-electron chi connectivity index (χ1n) is 6.11. The highest BCUT2D eigenvalue weighted by atomic mass is 16.5. The van der Waals surface area contributed by atoms with E-state index in [1.807, 2.05) is 13.0 Å². The summed E-state index contributed by atoms with van der Waals surface area (Å²) in [5.74, 6) is 0.330. The highest BCUT2D eigenvalue weighted by Gasteiger charge is 2.26. The molecule has 0 aromatic heterocycles. The van der Waals surface area contributed by atoms with Gasteiger partial charge in [-0.15, -0.1) is 0 Å². The van der Waals surface area contributed by atoms with Gasteiger partial charge in [-0.3, -0.25) is 14.4 Å². The lowest BCUT2D eigenvalue weighted by atomic mass is 10.1. The van der Waals surface area contributed by atoms with Crippen LogP contribution in [-0.4, -0.2) is 31.1 Å². The zero-order chi connectivity index (χ0) is 13.8. The molecule has 0 atom stereocenters. The number of aryl methyl sites for hydroxylation is 1. The molecule has 1 amide bonds. The lowest BCUT2D eigenvalue weighted by molar-refractivity contribution is -0.128. The number of amides is 1. The molecular weight excluding hydrogens is 246 g/mol. The van der Waals surface area contributed by atoms with Gasteiger partial charge in [-0.25, -0.2) is 0 Å². The molecule has 0 radical (unpaired) electrons. The van der Waals surface area contributed by atoms with E-state index in [1.54, 1.807) is 17.0 Å². The average molecular weight is 261 g/mol. The van der Waals surface area contributed by atoms with Crippen molar-refractivity contribution >= 4 is 23.7 Å². The van der Waals surface area contributed by atoms with E-state index in [0.29, 0.717) is 25.0 Å². The molecule has 0 N–H and O–H groups in total. The van der Waals surface area contributed by atoms with Gasteiger partial charge in [-0.2, -0.15) is 0 Å². The van der Waals surface area contributed by atoms with Crippen molar-refractivity contribution in [2.45, 2.75) is 19.8 Å².